The quantitative estimate of drug-likeness (QED) is 0.461. The molecule has 0 spiro atoms. The highest BCUT2D eigenvalue weighted by atomic mass is 35.5. The number of hydrogen-bond acceptors (Lipinski definition) is 6. The Balaban J connectivity index is 0.00000363. The molecule has 0 aromatic heterocycles. The highest BCUT2D eigenvalue weighted by Crippen LogP contribution is 2.53. The molecule has 1 aromatic rings. The van der Waals surface area contributed by atoms with E-state index < -0.39 is 5.37 Å². The largest absolute Gasteiger partial charge is 0.497 e. The number of hydrogen-bond donors (Lipinski definition) is 0. The standard InChI is InChI=1S/C23H29ClN2O4S.ClH/c1-14(2)25(4)9-6-10-30-20-8-7-17(29-5)13-18(20)23-26(15(3)27)22-19(28)11-16(24)12-21(22)31-23;/h7-8,12-14,23H,6,9-11H2,1-5H3;1H. The van der Waals surface area contributed by atoms with E-state index in [4.69, 9.17) is 21.1 Å². The number of amides is 1. The summed E-state index contributed by atoms with van der Waals surface area (Å²) in [6.45, 7) is 7.26. The zero-order valence-corrected chi connectivity index (χ0v) is 21.4. The van der Waals surface area contributed by atoms with Crippen LogP contribution in [-0.2, 0) is 9.59 Å². The molecule has 3 rings (SSSR count). The van der Waals surface area contributed by atoms with Gasteiger partial charge in [0.05, 0.1) is 13.7 Å². The van der Waals surface area contributed by atoms with Crippen LogP contribution < -0.4 is 9.47 Å². The molecule has 6 nitrogen and oxygen atoms in total. The third-order valence-electron chi connectivity index (χ3n) is 5.45. The maximum absolute atomic E-state index is 12.7. The van der Waals surface area contributed by atoms with Gasteiger partial charge in [0.25, 0.3) is 0 Å². The molecule has 0 fully saturated rings. The zero-order valence-electron chi connectivity index (χ0n) is 19.0. The normalized spacial score (nSPS) is 18.0. The van der Waals surface area contributed by atoms with Crippen molar-refractivity contribution in [3.05, 3.63) is 45.5 Å². The number of nitrogens with zero attached hydrogens (tertiary/aromatic N) is 2. The average molecular weight is 501 g/mol. The van der Waals surface area contributed by atoms with Crippen molar-refractivity contribution in [2.75, 3.05) is 27.3 Å². The lowest BCUT2D eigenvalue weighted by atomic mass is 10.1. The molecule has 0 saturated carbocycles. The van der Waals surface area contributed by atoms with Gasteiger partial charge in [-0.25, -0.2) is 0 Å². The number of allylic oxidation sites excluding steroid dienone is 3. The van der Waals surface area contributed by atoms with Crippen LogP contribution in [0.25, 0.3) is 0 Å². The number of benzene rings is 1. The number of halogens is 2. The highest BCUT2D eigenvalue weighted by molar-refractivity contribution is 8.03. The van der Waals surface area contributed by atoms with E-state index >= 15 is 0 Å². The van der Waals surface area contributed by atoms with Gasteiger partial charge in [-0.05, 0) is 51.6 Å². The van der Waals surface area contributed by atoms with Crippen molar-refractivity contribution in [2.45, 2.75) is 45.0 Å². The maximum Gasteiger partial charge on any atom is 0.225 e. The minimum Gasteiger partial charge on any atom is -0.497 e. The van der Waals surface area contributed by atoms with Gasteiger partial charge in [-0.3, -0.25) is 14.5 Å². The molecular weight excluding hydrogens is 471 g/mol. The van der Waals surface area contributed by atoms with E-state index in [1.54, 1.807) is 18.1 Å². The van der Waals surface area contributed by atoms with Gasteiger partial charge < -0.3 is 14.4 Å². The fourth-order valence-electron chi connectivity index (χ4n) is 3.53. The Hall–Kier alpha value is -1.67. The summed E-state index contributed by atoms with van der Waals surface area (Å²) in [4.78, 5) is 29.8. The number of methoxy groups -OCH3 is 1. The molecule has 9 heteroatoms. The molecule has 0 N–H and O–H groups in total. The van der Waals surface area contributed by atoms with Gasteiger partial charge in [0, 0.05) is 41.4 Å². The minimum atomic E-state index is -0.422. The molecule has 1 heterocycles. The Labute approximate surface area is 205 Å². The monoisotopic (exact) mass is 500 g/mol. The number of carbonyl (C=O) groups excluding carboxylic acids is 2. The highest BCUT2D eigenvalue weighted by Gasteiger charge is 2.41. The van der Waals surface area contributed by atoms with E-state index in [0.717, 1.165) is 18.5 Å². The number of Topliss-reactive ketones (excluding diaryl/α,β-unsaturated/α-hetero) is 1. The summed E-state index contributed by atoms with van der Waals surface area (Å²) in [5.41, 5.74) is 1.21. The van der Waals surface area contributed by atoms with E-state index in [1.165, 1.54) is 18.7 Å². The van der Waals surface area contributed by atoms with Crippen molar-refractivity contribution in [2.24, 2.45) is 0 Å². The molecule has 1 aliphatic heterocycles. The van der Waals surface area contributed by atoms with Gasteiger partial charge in [0.15, 0.2) is 5.78 Å². The zero-order chi connectivity index (χ0) is 22.7. The van der Waals surface area contributed by atoms with Crippen molar-refractivity contribution in [3.8, 4) is 11.5 Å². The molecule has 0 radical (unpaired) electrons. The van der Waals surface area contributed by atoms with Crippen LogP contribution in [0, 0.1) is 0 Å². The van der Waals surface area contributed by atoms with Crippen LogP contribution >= 0.6 is 35.8 Å². The van der Waals surface area contributed by atoms with Crippen molar-refractivity contribution in [3.63, 3.8) is 0 Å². The SMILES string of the molecule is COc1ccc(OCCCN(C)C(C)C)c(C2SC3=C(C(=O)CC(Cl)=C3)N2C(C)=O)c1.Cl. The first-order valence-electron chi connectivity index (χ1n) is 10.3. The Kier molecular flexibility index (Phi) is 9.52. The molecule has 1 amide bonds. The molecular formula is C23H30Cl2N2O4S. The number of rotatable bonds is 8. The lowest BCUT2D eigenvalue weighted by molar-refractivity contribution is -0.130. The molecule has 176 valence electrons. The summed E-state index contributed by atoms with van der Waals surface area (Å²) in [6, 6.07) is 6.05. The number of thioether (sulfide) groups is 1. The van der Waals surface area contributed by atoms with Gasteiger partial charge in [-0.2, -0.15) is 0 Å². The second kappa shape index (κ2) is 11.5. The lowest BCUT2D eigenvalue weighted by Gasteiger charge is -2.27. The van der Waals surface area contributed by atoms with E-state index in [-0.39, 0.29) is 30.5 Å². The fourth-order valence-corrected chi connectivity index (χ4v) is 5.27. The molecule has 32 heavy (non-hydrogen) atoms. The third kappa shape index (κ3) is 5.81. The second-order valence-corrected chi connectivity index (χ2v) is 9.55. The number of carbonyl (C=O) groups is 2. The van der Waals surface area contributed by atoms with E-state index in [9.17, 15) is 9.59 Å². The van der Waals surface area contributed by atoms with Gasteiger partial charge in [-0.1, -0.05) is 23.4 Å². The molecule has 1 unspecified atom stereocenters. The van der Waals surface area contributed by atoms with Crippen LogP contribution in [-0.4, -0.2) is 54.8 Å². The summed E-state index contributed by atoms with van der Waals surface area (Å²) in [5.74, 6) is 0.999. The maximum atomic E-state index is 12.7. The van der Waals surface area contributed by atoms with Crippen LogP contribution in [0.1, 0.15) is 44.6 Å². The van der Waals surface area contributed by atoms with E-state index in [2.05, 4.69) is 25.8 Å². The number of ether oxygens (including phenoxy) is 2. The van der Waals surface area contributed by atoms with Crippen molar-refractivity contribution in [1.29, 1.82) is 0 Å². The van der Waals surface area contributed by atoms with Gasteiger partial charge >= 0.3 is 0 Å². The van der Waals surface area contributed by atoms with E-state index in [0.29, 0.717) is 39.8 Å². The Morgan fingerprint density at radius 2 is 2.09 bits per heavy atom. The second-order valence-electron chi connectivity index (χ2n) is 7.94. The first-order valence-corrected chi connectivity index (χ1v) is 11.6. The van der Waals surface area contributed by atoms with Crippen LogP contribution in [0.4, 0.5) is 0 Å². The topological polar surface area (TPSA) is 59.1 Å². The summed E-state index contributed by atoms with van der Waals surface area (Å²) >= 11 is 7.58. The Bertz CT molecular complexity index is 933. The van der Waals surface area contributed by atoms with Crippen molar-refractivity contribution in [1.82, 2.24) is 9.80 Å². The smallest absolute Gasteiger partial charge is 0.225 e. The molecule has 2 aliphatic rings. The summed E-state index contributed by atoms with van der Waals surface area (Å²) < 4.78 is 11.5. The van der Waals surface area contributed by atoms with Crippen LogP contribution in [0.3, 0.4) is 0 Å². The molecule has 1 atom stereocenters. The van der Waals surface area contributed by atoms with Crippen LogP contribution in [0.2, 0.25) is 0 Å². The summed E-state index contributed by atoms with van der Waals surface area (Å²) in [7, 11) is 3.69. The molecule has 1 aromatic carbocycles. The lowest BCUT2D eigenvalue weighted by Crippen LogP contribution is -2.32. The predicted molar refractivity (Wildman–Crippen MR) is 132 cm³/mol. The third-order valence-corrected chi connectivity index (χ3v) is 6.94. The molecule has 0 saturated heterocycles. The predicted octanol–water partition coefficient (Wildman–Crippen LogP) is 5.13. The molecule has 0 bridgehead atoms. The first-order chi connectivity index (χ1) is 14.7. The number of ketones is 1. The fraction of sp³-hybridized carbons (Fsp3) is 0.478. The Morgan fingerprint density at radius 3 is 2.72 bits per heavy atom. The minimum absolute atomic E-state index is 0. The Morgan fingerprint density at radius 1 is 1.38 bits per heavy atom. The van der Waals surface area contributed by atoms with Crippen molar-refractivity contribution < 1.29 is 19.1 Å². The average Bonchev–Trinajstić information content (AvgIpc) is 3.10. The summed E-state index contributed by atoms with van der Waals surface area (Å²) in [5, 5.41) is 0.0606. The van der Waals surface area contributed by atoms with Gasteiger partial charge in [0.1, 0.15) is 22.6 Å². The van der Waals surface area contributed by atoms with Gasteiger partial charge in [0.2, 0.25) is 5.91 Å². The van der Waals surface area contributed by atoms with Crippen LogP contribution in [0.5, 0.6) is 11.5 Å². The van der Waals surface area contributed by atoms with Crippen molar-refractivity contribution >= 4 is 47.5 Å². The van der Waals surface area contributed by atoms with Crippen LogP contribution in [0.15, 0.2) is 39.9 Å². The molecule has 1 aliphatic carbocycles. The van der Waals surface area contributed by atoms with Gasteiger partial charge in [-0.15, -0.1) is 12.4 Å². The summed E-state index contributed by atoms with van der Waals surface area (Å²) in [6.07, 6.45) is 2.77. The van der Waals surface area contributed by atoms with E-state index in [1.807, 2.05) is 18.2 Å². The first kappa shape index (κ1) is 26.6.